The number of thioether (sulfide) groups is 1. The highest BCUT2D eigenvalue weighted by atomic mass is 79.9. The summed E-state index contributed by atoms with van der Waals surface area (Å²) < 4.78 is 11.2. The van der Waals surface area contributed by atoms with Crippen LogP contribution in [0.15, 0.2) is 56.9 Å². The second kappa shape index (κ2) is 10.9. The highest BCUT2D eigenvalue weighted by Gasteiger charge is 2.16. The van der Waals surface area contributed by atoms with Gasteiger partial charge in [-0.1, -0.05) is 27.7 Å². The van der Waals surface area contributed by atoms with Crippen LogP contribution < -0.4 is 31.4 Å². The van der Waals surface area contributed by atoms with Crippen LogP contribution in [0.4, 0.5) is 17.2 Å². The number of anilines is 3. The molecule has 0 unspecified atom stereocenters. The highest BCUT2D eigenvalue weighted by Crippen LogP contribution is 2.28. The number of hydrogen-bond acceptors (Lipinski definition) is 8. The molecule has 0 aliphatic rings. The molecule has 33 heavy (non-hydrogen) atoms. The maximum Gasteiger partial charge on any atom is 0.277 e. The first-order valence-corrected chi connectivity index (χ1v) is 11.2. The minimum atomic E-state index is -0.646. The number of nitrogen functional groups attached to an aromatic ring is 1. The van der Waals surface area contributed by atoms with Crippen molar-refractivity contribution in [3.05, 3.63) is 62.9 Å². The molecule has 12 heteroatoms. The topological polar surface area (TPSA) is 148 Å². The number of aromatic amines is 1. The number of H-pyrrole nitrogens is 1. The zero-order valence-corrected chi connectivity index (χ0v) is 20.0. The van der Waals surface area contributed by atoms with E-state index in [0.29, 0.717) is 17.2 Å². The van der Waals surface area contributed by atoms with Gasteiger partial charge in [-0.25, -0.2) is 4.98 Å². The number of carbonyl (C=O) groups is 2. The van der Waals surface area contributed by atoms with Crippen molar-refractivity contribution in [1.29, 1.82) is 0 Å². The van der Waals surface area contributed by atoms with Gasteiger partial charge in [0.2, 0.25) is 5.91 Å². The van der Waals surface area contributed by atoms with Crippen molar-refractivity contribution in [2.45, 2.75) is 5.16 Å². The van der Waals surface area contributed by atoms with Gasteiger partial charge >= 0.3 is 0 Å². The average molecular weight is 534 g/mol. The van der Waals surface area contributed by atoms with Gasteiger partial charge in [0.15, 0.2) is 22.5 Å². The van der Waals surface area contributed by atoms with Crippen molar-refractivity contribution < 1.29 is 19.1 Å². The van der Waals surface area contributed by atoms with Gasteiger partial charge < -0.3 is 25.8 Å². The molecule has 0 aliphatic carbocycles. The minimum Gasteiger partial charge on any atom is -0.493 e. The molecule has 10 nitrogen and oxygen atoms in total. The molecule has 0 saturated heterocycles. The summed E-state index contributed by atoms with van der Waals surface area (Å²) in [6.07, 6.45) is 0. The molecule has 0 spiro atoms. The molecule has 0 saturated carbocycles. The summed E-state index contributed by atoms with van der Waals surface area (Å²) in [5.74, 6) is -0.227. The van der Waals surface area contributed by atoms with Crippen LogP contribution in [-0.2, 0) is 4.79 Å². The number of nitrogens with two attached hydrogens (primary N) is 1. The lowest BCUT2D eigenvalue weighted by Crippen LogP contribution is -2.23. The first-order valence-electron chi connectivity index (χ1n) is 9.42. The normalized spacial score (nSPS) is 10.4. The maximum atomic E-state index is 12.6. The molecule has 1 heterocycles. The summed E-state index contributed by atoms with van der Waals surface area (Å²) in [6.45, 7) is 0. The van der Waals surface area contributed by atoms with Gasteiger partial charge in [0.05, 0.1) is 20.0 Å². The number of nitrogens with one attached hydrogen (secondary N) is 3. The Morgan fingerprint density at radius 3 is 2.42 bits per heavy atom. The van der Waals surface area contributed by atoms with E-state index in [2.05, 4.69) is 36.5 Å². The molecule has 0 bridgehead atoms. The Morgan fingerprint density at radius 2 is 1.79 bits per heavy atom. The second-order valence-electron chi connectivity index (χ2n) is 6.50. The van der Waals surface area contributed by atoms with E-state index >= 15 is 0 Å². The Bertz CT molecular complexity index is 1230. The van der Waals surface area contributed by atoms with Gasteiger partial charge in [0, 0.05) is 15.7 Å². The number of rotatable bonds is 8. The Hall–Kier alpha value is -3.51. The van der Waals surface area contributed by atoms with E-state index in [0.717, 1.165) is 16.2 Å². The smallest absolute Gasteiger partial charge is 0.277 e. The third-order valence-electron chi connectivity index (χ3n) is 4.28. The van der Waals surface area contributed by atoms with Gasteiger partial charge in [-0.15, -0.1) is 0 Å². The van der Waals surface area contributed by atoms with Crippen molar-refractivity contribution in [3.63, 3.8) is 0 Å². The maximum absolute atomic E-state index is 12.6. The summed E-state index contributed by atoms with van der Waals surface area (Å²) in [5.41, 5.74) is 5.91. The van der Waals surface area contributed by atoms with Gasteiger partial charge in [0.25, 0.3) is 11.5 Å². The van der Waals surface area contributed by atoms with Gasteiger partial charge in [-0.3, -0.25) is 19.4 Å². The lowest BCUT2D eigenvalue weighted by molar-refractivity contribution is -0.113. The molecule has 0 atom stereocenters. The summed E-state index contributed by atoms with van der Waals surface area (Å²) in [6, 6.07) is 11.7. The second-order valence-corrected chi connectivity index (χ2v) is 8.38. The molecule has 3 aromatic rings. The molecule has 1 aromatic heterocycles. The van der Waals surface area contributed by atoms with Crippen LogP contribution in [0.2, 0.25) is 0 Å². The van der Waals surface area contributed by atoms with Crippen LogP contribution in [-0.4, -0.2) is 41.8 Å². The molecule has 5 N–H and O–H groups in total. The molecule has 0 fully saturated rings. The lowest BCUT2D eigenvalue weighted by Gasteiger charge is -2.11. The summed E-state index contributed by atoms with van der Waals surface area (Å²) in [4.78, 5) is 43.8. The summed E-state index contributed by atoms with van der Waals surface area (Å²) >= 11 is 4.33. The highest BCUT2D eigenvalue weighted by molar-refractivity contribution is 9.10. The van der Waals surface area contributed by atoms with E-state index < -0.39 is 11.5 Å². The van der Waals surface area contributed by atoms with E-state index in [1.54, 1.807) is 30.3 Å². The first-order chi connectivity index (χ1) is 15.8. The number of amides is 2. The van der Waals surface area contributed by atoms with Gasteiger partial charge in [-0.05, 0) is 42.5 Å². The van der Waals surface area contributed by atoms with Crippen molar-refractivity contribution in [1.82, 2.24) is 9.97 Å². The van der Waals surface area contributed by atoms with E-state index in [4.69, 9.17) is 15.2 Å². The molecule has 172 valence electrons. The largest absolute Gasteiger partial charge is 0.493 e. The van der Waals surface area contributed by atoms with E-state index in [9.17, 15) is 14.4 Å². The van der Waals surface area contributed by atoms with Gasteiger partial charge in [0.1, 0.15) is 5.69 Å². The Morgan fingerprint density at radius 1 is 1.09 bits per heavy atom. The number of nitrogens with zero attached hydrogens (tertiary/aromatic N) is 1. The van der Waals surface area contributed by atoms with E-state index in [1.165, 1.54) is 26.4 Å². The predicted molar refractivity (Wildman–Crippen MR) is 130 cm³/mol. The summed E-state index contributed by atoms with van der Waals surface area (Å²) in [7, 11) is 2.93. The van der Waals surface area contributed by atoms with Crippen molar-refractivity contribution >= 4 is 56.7 Å². The fourth-order valence-corrected chi connectivity index (χ4v) is 3.62. The van der Waals surface area contributed by atoms with Crippen LogP contribution in [0.5, 0.6) is 11.5 Å². The number of benzene rings is 2. The van der Waals surface area contributed by atoms with E-state index in [-0.39, 0.29) is 33.9 Å². The molecular weight excluding hydrogens is 514 g/mol. The lowest BCUT2D eigenvalue weighted by atomic mass is 10.2. The van der Waals surface area contributed by atoms with E-state index in [1.807, 2.05) is 0 Å². The predicted octanol–water partition coefficient (Wildman–Crippen LogP) is 3.11. The first kappa shape index (κ1) is 24.1. The number of hydrogen-bond donors (Lipinski definition) is 4. The zero-order valence-electron chi connectivity index (χ0n) is 17.6. The van der Waals surface area contributed by atoms with Crippen LogP contribution >= 0.6 is 27.7 Å². The zero-order chi connectivity index (χ0) is 24.0. The minimum absolute atomic E-state index is 0.00417. The Balaban J connectivity index is 1.66. The third kappa shape index (κ3) is 6.26. The quantitative estimate of drug-likeness (QED) is 0.255. The van der Waals surface area contributed by atoms with Gasteiger partial charge in [-0.2, -0.15) is 0 Å². The SMILES string of the molecule is COc1ccc(C(=O)Nc2c(N)nc(SCC(=O)Nc3ccc(Br)cc3)[nH]c2=O)cc1OC. The van der Waals surface area contributed by atoms with Crippen LogP contribution in [0.1, 0.15) is 10.4 Å². The van der Waals surface area contributed by atoms with Crippen molar-refractivity contribution in [2.24, 2.45) is 0 Å². The molecule has 2 amide bonds. The molecule has 3 rings (SSSR count). The number of ether oxygens (including phenoxy) is 2. The van der Waals surface area contributed by atoms with Crippen LogP contribution in [0.3, 0.4) is 0 Å². The average Bonchev–Trinajstić information content (AvgIpc) is 2.81. The standard InChI is InChI=1S/C21H20BrN5O5S/c1-31-14-8-3-11(9-15(14)32-2)19(29)25-17-18(23)26-21(27-20(17)30)33-10-16(28)24-13-6-4-12(22)5-7-13/h3-9H,10H2,1-2H3,(H,24,28)(H,25,29)(H3,23,26,27,30). The van der Waals surface area contributed by atoms with Crippen molar-refractivity contribution in [2.75, 3.05) is 36.3 Å². The Kier molecular flexibility index (Phi) is 7.96. The summed E-state index contributed by atoms with van der Waals surface area (Å²) in [5, 5.41) is 5.33. The number of aromatic nitrogens is 2. The molecule has 0 radical (unpaired) electrons. The number of carbonyl (C=O) groups excluding carboxylic acids is 2. The van der Waals surface area contributed by atoms with Crippen LogP contribution in [0.25, 0.3) is 0 Å². The fraction of sp³-hybridized carbons (Fsp3) is 0.143. The number of methoxy groups -OCH3 is 2. The number of halogens is 1. The monoisotopic (exact) mass is 533 g/mol. The molecule has 0 aliphatic heterocycles. The molecular formula is C21H20BrN5O5S. The molecule has 2 aromatic carbocycles. The third-order valence-corrected chi connectivity index (χ3v) is 5.68. The van der Waals surface area contributed by atoms with Crippen molar-refractivity contribution in [3.8, 4) is 11.5 Å². The fourth-order valence-electron chi connectivity index (χ4n) is 2.69. The van der Waals surface area contributed by atoms with Crippen LogP contribution in [0, 0.1) is 0 Å². The Labute approximate surface area is 201 Å².